The first-order valence-corrected chi connectivity index (χ1v) is 11.7. The Morgan fingerprint density at radius 1 is 1.03 bits per heavy atom. The SMILES string of the molecule is COc1ccccc1OCCNC(=O)c1ccc(CNS(=O)(=O)c2ccc(F)c(Cl)c2)cc1. The number of halogens is 2. The molecular formula is C23H22ClFN2O5S. The van der Waals surface area contributed by atoms with Gasteiger partial charge < -0.3 is 14.8 Å². The lowest BCUT2D eigenvalue weighted by Crippen LogP contribution is -2.28. The fourth-order valence-electron chi connectivity index (χ4n) is 2.85. The zero-order valence-corrected chi connectivity index (χ0v) is 19.3. The molecule has 0 aliphatic carbocycles. The van der Waals surface area contributed by atoms with Gasteiger partial charge in [-0.1, -0.05) is 35.9 Å². The molecular weight excluding hydrogens is 471 g/mol. The van der Waals surface area contributed by atoms with Crippen molar-refractivity contribution < 1.29 is 27.1 Å². The predicted octanol–water partition coefficient (Wildman–Crippen LogP) is 3.78. The Labute approximate surface area is 196 Å². The predicted molar refractivity (Wildman–Crippen MR) is 123 cm³/mol. The average Bonchev–Trinajstić information content (AvgIpc) is 2.82. The maximum atomic E-state index is 13.3. The van der Waals surface area contributed by atoms with Crippen LogP contribution < -0.4 is 19.5 Å². The number of benzene rings is 3. The van der Waals surface area contributed by atoms with Gasteiger partial charge in [0, 0.05) is 12.1 Å². The van der Waals surface area contributed by atoms with E-state index < -0.39 is 15.8 Å². The minimum absolute atomic E-state index is 0.00796. The van der Waals surface area contributed by atoms with E-state index in [2.05, 4.69) is 10.0 Å². The first-order valence-electron chi connectivity index (χ1n) is 9.88. The van der Waals surface area contributed by atoms with E-state index in [-0.39, 0.29) is 29.0 Å². The molecule has 0 saturated heterocycles. The zero-order valence-electron chi connectivity index (χ0n) is 17.7. The monoisotopic (exact) mass is 492 g/mol. The molecule has 0 saturated carbocycles. The molecule has 0 atom stereocenters. The van der Waals surface area contributed by atoms with Crippen molar-refractivity contribution in [1.82, 2.24) is 10.0 Å². The van der Waals surface area contributed by atoms with Crippen LogP contribution >= 0.6 is 11.6 Å². The van der Waals surface area contributed by atoms with Crippen LogP contribution in [0.25, 0.3) is 0 Å². The van der Waals surface area contributed by atoms with E-state index in [4.69, 9.17) is 21.1 Å². The van der Waals surface area contributed by atoms with E-state index in [0.29, 0.717) is 29.2 Å². The molecule has 33 heavy (non-hydrogen) atoms. The van der Waals surface area contributed by atoms with Crippen molar-refractivity contribution in [3.05, 3.63) is 88.7 Å². The number of sulfonamides is 1. The molecule has 0 aliphatic heterocycles. The third-order valence-electron chi connectivity index (χ3n) is 4.60. The van der Waals surface area contributed by atoms with E-state index in [1.807, 2.05) is 12.1 Å². The third-order valence-corrected chi connectivity index (χ3v) is 6.29. The number of carbonyl (C=O) groups excluding carboxylic acids is 1. The number of ether oxygens (including phenoxy) is 2. The molecule has 0 heterocycles. The van der Waals surface area contributed by atoms with Crippen LogP contribution in [0.4, 0.5) is 4.39 Å². The molecule has 0 aromatic heterocycles. The van der Waals surface area contributed by atoms with Crippen LogP contribution in [-0.2, 0) is 16.6 Å². The number of hydrogen-bond donors (Lipinski definition) is 2. The van der Waals surface area contributed by atoms with E-state index in [0.717, 1.165) is 18.2 Å². The van der Waals surface area contributed by atoms with Gasteiger partial charge in [0.05, 0.1) is 23.6 Å². The normalized spacial score (nSPS) is 11.1. The number of amides is 1. The summed E-state index contributed by atoms with van der Waals surface area (Å²) in [7, 11) is -2.32. The summed E-state index contributed by atoms with van der Waals surface area (Å²) in [5, 5.41) is 2.48. The van der Waals surface area contributed by atoms with Crippen molar-refractivity contribution in [2.45, 2.75) is 11.4 Å². The van der Waals surface area contributed by atoms with Crippen LogP contribution in [0.5, 0.6) is 11.5 Å². The highest BCUT2D eigenvalue weighted by atomic mass is 35.5. The van der Waals surface area contributed by atoms with E-state index >= 15 is 0 Å². The van der Waals surface area contributed by atoms with Crippen molar-refractivity contribution in [2.24, 2.45) is 0 Å². The van der Waals surface area contributed by atoms with Gasteiger partial charge in [0.15, 0.2) is 11.5 Å². The molecule has 10 heteroatoms. The van der Waals surface area contributed by atoms with Gasteiger partial charge in [0.1, 0.15) is 12.4 Å². The lowest BCUT2D eigenvalue weighted by molar-refractivity contribution is 0.0946. The Morgan fingerprint density at radius 3 is 2.39 bits per heavy atom. The van der Waals surface area contributed by atoms with E-state index in [9.17, 15) is 17.6 Å². The number of hydrogen-bond acceptors (Lipinski definition) is 5. The van der Waals surface area contributed by atoms with Crippen LogP contribution in [0.3, 0.4) is 0 Å². The standard InChI is InChI=1S/C23H22ClFN2O5S/c1-31-21-4-2-3-5-22(21)32-13-12-26-23(28)17-8-6-16(7-9-17)15-27-33(29,30)18-10-11-20(25)19(24)14-18/h2-11,14,27H,12-13,15H2,1H3,(H,26,28). The second-order valence-corrected chi connectivity index (χ2v) is 9.03. The number of carbonyl (C=O) groups is 1. The molecule has 1 amide bonds. The Kier molecular flexibility index (Phi) is 8.26. The van der Waals surface area contributed by atoms with Crippen molar-refractivity contribution in [3.8, 4) is 11.5 Å². The molecule has 174 valence electrons. The van der Waals surface area contributed by atoms with E-state index in [1.165, 1.54) is 0 Å². The largest absolute Gasteiger partial charge is 0.493 e. The third kappa shape index (κ3) is 6.67. The molecule has 3 rings (SSSR count). The molecule has 3 aromatic rings. The minimum atomic E-state index is -3.87. The van der Waals surface area contributed by atoms with Crippen LogP contribution in [0.2, 0.25) is 5.02 Å². The summed E-state index contributed by atoms with van der Waals surface area (Å²) in [6, 6.07) is 16.9. The topological polar surface area (TPSA) is 93.7 Å². The Hall–Kier alpha value is -3.14. The molecule has 0 radical (unpaired) electrons. The van der Waals surface area contributed by atoms with Crippen LogP contribution in [-0.4, -0.2) is 34.6 Å². The van der Waals surface area contributed by atoms with E-state index in [1.54, 1.807) is 43.5 Å². The van der Waals surface area contributed by atoms with Crippen molar-refractivity contribution in [1.29, 1.82) is 0 Å². The van der Waals surface area contributed by atoms with Crippen molar-refractivity contribution in [2.75, 3.05) is 20.3 Å². The number of para-hydroxylation sites is 2. The zero-order chi connectivity index (χ0) is 23.8. The molecule has 7 nitrogen and oxygen atoms in total. The van der Waals surface area contributed by atoms with Gasteiger partial charge >= 0.3 is 0 Å². The van der Waals surface area contributed by atoms with Crippen LogP contribution in [0.1, 0.15) is 15.9 Å². The Bertz CT molecular complexity index is 1220. The van der Waals surface area contributed by atoms with Gasteiger partial charge in [-0.15, -0.1) is 0 Å². The van der Waals surface area contributed by atoms with Gasteiger partial charge in [-0.05, 0) is 48.0 Å². The lowest BCUT2D eigenvalue weighted by atomic mass is 10.1. The summed E-state index contributed by atoms with van der Waals surface area (Å²) in [4.78, 5) is 12.2. The number of rotatable bonds is 10. The van der Waals surface area contributed by atoms with Gasteiger partial charge in [-0.3, -0.25) is 4.79 Å². The summed E-state index contributed by atoms with van der Waals surface area (Å²) >= 11 is 5.66. The fraction of sp³-hybridized carbons (Fsp3) is 0.174. The average molecular weight is 493 g/mol. The van der Waals surface area contributed by atoms with Gasteiger partial charge in [0.25, 0.3) is 5.91 Å². The molecule has 3 aromatic carbocycles. The molecule has 0 aliphatic rings. The summed E-state index contributed by atoms with van der Waals surface area (Å²) < 4.78 is 51.2. The highest BCUT2D eigenvalue weighted by molar-refractivity contribution is 7.89. The molecule has 0 bridgehead atoms. The second kappa shape index (κ2) is 11.1. The van der Waals surface area contributed by atoms with Crippen molar-refractivity contribution >= 4 is 27.5 Å². The van der Waals surface area contributed by atoms with Crippen molar-refractivity contribution in [3.63, 3.8) is 0 Å². The Balaban J connectivity index is 1.49. The quantitative estimate of drug-likeness (QED) is 0.420. The maximum Gasteiger partial charge on any atom is 0.251 e. The lowest BCUT2D eigenvalue weighted by Gasteiger charge is -2.11. The first-order chi connectivity index (χ1) is 15.8. The summed E-state index contributed by atoms with van der Waals surface area (Å²) in [6.07, 6.45) is 0. The summed E-state index contributed by atoms with van der Waals surface area (Å²) in [5.74, 6) is 0.212. The smallest absolute Gasteiger partial charge is 0.251 e. The maximum absolute atomic E-state index is 13.3. The molecule has 0 fully saturated rings. The number of methoxy groups -OCH3 is 1. The Morgan fingerprint density at radius 2 is 1.73 bits per heavy atom. The molecule has 0 unspecified atom stereocenters. The highest BCUT2D eigenvalue weighted by Crippen LogP contribution is 2.25. The summed E-state index contributed by atoms with van der Waals surface area (Å²) in [5.41, 5.74) is 1.06. The second-order valence-electron chi connectivity index (χ2n) is 6.85. The van der Waals surface area contributed by atoms with Crippen LogP contribution in [0, 0.1) is 5.82 Å². The fourth-order valence-corrected chi connectivity index (χ4v) is 4.13. The van der Waals surface area contributed by atoms with Crippen LogP contribution in [0.15, 0.2) is 71.6 Å². The highest BCUT2D eigenvalue weighted by Gasteiger charge is 2.16. The molecule has 2 N–H and O–H groups in total. The summed E-state index contributed by atoms with van der Waals surface area (Å²) in [6.45, 7) is 0.546. The van der Waals surface area contributed by atoms with Gasteiger partial charge in [-0.25, -0.2) is 17.5 Å². The minimum Gasteiger partial charge on any atom is -0.493 e. The van der Waals surface area contributed by atoms with Gasteiger partial charge in [0.2, 0.25) is 10.0 Å². The molecule has 0 spiro atoms. The first kappa shape index (κ1) is 24.5. The van der Waals surface area contributed by atoms with Gasteiger partial charge in [-0.2, -0.15) is 0 Å². The number of nitrogens with one attached hydrogen (secondary N) is 2.